The molecule has 1 heterocycles. The zero-order valence-electron chi connectivity index (χ0n) is 8.67. The van der Waals surface area contributed by atoms with Gasteiger partial charge in [0.05, 0.1) is 0 Å². The molecule has 0 atom stereocenters. The molecule has 6 heteroatoms. The number of nitrogens with zero attached hydrogens (tertiary/aromatic N) is 3. The molecule has 0 saturated heterocycles. The molecule has 0 saturated carbocycles. The van der Waals surface area contributed by atoms with Gasteiger partial charge in [-0.3, -0.25) is 0 Å². The summed E-state index contributed by atoms with van der Waals surface area (Å²) in [5.41, 5.74) is 0.0392. The molecule has 0 aliphatic carbocycles. The van der Waals surface area contributed by atoms with Gasteiger partial charge in [0, 0.05) is 18.5 Å². The van der Waals surface area contributed by atoms with Gasteiger partial charge < -0.3 is 10.0 Å². The molecule has 0 amide bonds. The van der Waals surface area contributed by atoms with Crippen molar-refractivity contribution in [1.29, 1.82) is 0 Å². The largest absolute Gasteiger partial charge is 0.477 e. The summed E-state index contributed by atoms with van der Waals surface area (Å²) in [5, 5.41) is 9.23. The molecule has 15 heavy (non-hydrogen) atoms. The van der Waals surface area contributed by atoms with Crippen LogP contribution in [0.25, 0.3) is 0 Å². The zero-order chi connectivity index (χ0) is 11.3. The number of thioether (sulfide) groups is 1. The van der Waals surface area contributed by atoms with Crippen LogP contribution in [0.5, 0.6) is 0 Å². The average molecular weight is 227 g/mol. The molecule has 82 valence electrons. The molecule has 1 aromatic heterocycles. The van der Waals surface area contributed by atoms with Gasteiger partial charge >= 0.3 is 5.97 Å². The van der Waals surface area contributed by atoms with Crippen LogP contribution in [0.2, 0.25) is 0 Å². The second-order valence-corrected chi connectivity index (χ2v) is 4.24. The van der Waals surface area contributed by atoms with E-state index in [9.17, 15) is 4.79 Å². The lowest BCUT2D eigenvalue weighted by atomic mass is 10.4. The molecule has 0 fully saturated rings. The Hall–Kier alpha value is -1.14. The lowest BCUT2D eigenvalue weighted by Crippen LogP contribution is -2.15. The van der Waals surface area contributed by atoms with Crippen LogP contribution in [-0.2, 0) is 0 Å². The van der Waals surface area contributed by atoms with Crippen LogP contribution >= 0.6 is 11.8 Å². The maximum Gasteiger partial charge on any atom is 0.354 e. The highest BCUT2D eigenvalue weighted by Gasteiger charge is 2.06. The SMILES string of the molecule is CN(C)CCSc1nccc(C(=O)O)n1. The van der Waals surface area contributed by atoms with Gasteiger partial charge in [0.1, 0.15) is 0 Å². The van der Waals surface area contributed by atoms with Gasteiger partial charge in [0.2, 0.25) is 0 Å². The van der Waals surface area contributed by atoms with Gasteiger partial charge in [-0.2, -0.15) is 0 Å². The van der Waals surface area contributed by atoms with Crippen LogP contribution in [0.1, 0.15) is 10.5 Å². The molecule has 0 radical (unpaired) electrons. The number of aromatic nitrogens is 2. The van der Waals surface area contributed by atoms with Crippen molar-refractivity contribution in [2.45, 2.75) is 5.16 Å². The fourth-order valence-electron chi connectivity index (χ4n) is 0.849. The highest BCUT2D eigenvalue weighted by atomic mass is 32.2. The number of hydrogen-bond acceptors (Lipinski definition) is 5. The Morgan fingerprint density at radius 2 is 2.33 bits per heavy atom. The summed E-state index contributed by atoms with van der Waals surface area (Å²) >= 11 is 1.45. The fraction of sp³-hybridized carbons (Fsp3) is 0.444. The van der Waals surface area contributed by atoms with Crippen LogP contribution in [-0.4, -0.2) is 52.3 Å². The van der Waals surface area contributed by atoms with E-state index in [0.29, 0.717) is 5.16 Å². The Kier molecular flexibility index (Phi) is 4.51. The van der Waals surface area contributed by atoms with Crippen molar-refractivity contribution >= 4 is 17.7 Å². The van der Waals surface area contributed by atoms with E-state index < -0.39 is 5.97 Å². The third-order valence-corrected chi connectivity index (χ3v) is 2.46. The maximum absolute atomic E-state index is 10.6. The van der Waals surface area contributed by atoms with E-state index in [1.807, 2.05) is 19.0 Å². The van der Waals surface area contributed by atoms with Crippen molar-refractivity contribution in [3.8, 4) is 0 Å². The lowest BCUT2D eigenvalue weighted by Gasteiger charge is -2.07. The van der Waals surface area contributed by atoms with Gasteiger partial charge in [-0.15, -0.1) is 0 Å². The van der Waals surface area contributed by atoms with Crippen molar-refractivity contribution < 1.29 is 9.90 Å². The second kappa shape index (κ2) is 5.67. The fourth-order valence-corrected chi connectivity index (χ4v) is 1.79. The Balaban J connectivity index is 2.54. The molecule has 1 N–H and O–H groups in total. The highest BCUT2D eigenvalue weighted by molar-refractivity contribution is 7.99. The van der Waals surface area contributed by atoms with Crippen LogP contribution in [0.3, 0.4) is 0 Å². The molecule has 0 unspecified atom stereocenters. The van der Waals surface area contributed by atoms with E-state index in [1.54, 1.807) is 0 Å². The van der Waals surface area contributed by atoms with Crippen molar-refractivity contribution in [2.24, 2.45) is 0 Å². The predicted octanol–water partition coefficient (Wildman–Crippen LogP) is 0.829. The summed E-state index contributed by atoms with van der Waals surface area (Å²) in [6.07, 6.45) is 1.47. The molecular formula is C9H13N3O2S. The average Bonchev–Trinajstić information content (AvgIpc) is 2.17. The third-order valence-electron chi connectivity index (χ3n) is 1.62. The number of hydrogen-bond donors (Lipinski definition) is 1. The third kappa shape index (κ3) is 4.26. The molecule has 0 bridgehead atoms. The van der Waals surface area contributed by atoms with E-state index in [-0.39, 0.29) is 5.69 Å². The zero-order valence-corrected chi connectivity index (χ0v) is 9.49. The first-order valence-electron chi connectivity index (χ1n) is 4.43. The quantitative estimate of drug-likeness (QED) is 0.593. The molecule has 0 aliphatic heterocycles. The van der Waals surface area contributed by atoms with Gasteiger partial charge in [-0.05, 0) is 20.2 Å². The monoisotopic (exact) mass is 227 g/mol. The molecular weight excluding hydrogens is 214 g/mol. The van der Waals surface area contributed by atoms with Crippen LogP contribution in [0.4, 0.5) is 0 Å². The van der Waals surface area contributed by atoms with E-state index in [0.717, 1.165) is 12.3 Å². The smallest absolute Gasteiger partial charge is 0.354 e. The summed E-state index contributed by atoms with van der Waals surface area (Å²) in [7, 11) is 3.96. The number of rotatable bonds is 5. The normalized spacial score (nSPS) is 10.6. The summed E-state index contributed by atoms with van der Waals surface area (Å²) < 4.78 is 0. The van der Waals surface area contributed by atoms with Gasteiger partial charge in [0.15, 0.2) is 10.9 Å². The predicted molar refractivity (Wildman–Crippen MR) is 58.3 cm³/mol. The van der Waals surface area contributed by atoms with E-state index in [1.165, 1.54) is 24.0 Å². The lowest BCUT2D eigenvalue weighted by molar-refractivity contribution is 0.0689. The first-order chi connectivity index (χ1) is 7.09. The Morgan fingerprint density at radius 1 is 1.60 bits per heavy atom. The van der Waals surface area contributed by atoms with Crippen LogP contribution in [0, 0.1) is 0 Å². The Labute approximate surface area is 92.5 Å². The van der Waals surface area contributed by atoms with Crippen molar-refractivity contribution in [3.63, 3.8) is 0 Å². The van der Waals surface area contributed by atoms with E-state index in [4.69, 9.17) is 5.11 Å². The summed E-state index contributed by atoms with van der Waals surface area (Å²) in [6.45, 7) is 0.908. The van der Waals surface area contributed by atoms with Crippen molar-refractivity contribution in [3.05, 3.63) is 18.0 Å². The van der Waals surface area contributed by atoms with Gasteiger partial charge in [-0.1, -0.05) is 11.8 Å². The molecule has 1 rings (SSSR count). The molecule has 0 aliphatic rings. The number of aromatic carboxylic acids is 1. The standard InChI is InChI=1S/C9H13N3O2S/c1-12(2)5-6-15-9-10-4-3-7(11-9)8(13)14/h3-4H,5-6H2,1-2H3,(H,13,14). The van der Waals surface area contributed by atoms with Gasteiger partial charge in [-0.25, -0.2) is 14.8 Å². The van der Waals surface area contributed by atoms with E-state index in [2.05, 4.69) is 9.97 Å². The molecule has 0 aromatic carbocycles. The minimum Gasteiger partial charge on any atom is -0.477 e. The summed E-state index contributed by atoms with van der Waals surface area (Å²) in [6, 6.07) is 1.39. The highest BCUT2D eigenvalue weighted by Crippen LogP contribution is 2.11. The molecule has 0 spiro atoms. The Bertz CT molecular complexity index is 344. The number of carboxylic acids is 1. The number of carboxylic acid groups (broad SMARTS) is 1. The minimum absolute atomic E-state index is 0.0392. The summed E-state index contributed by atoms with van der Waals surface area (Å²) in [4.78, 5) is 20.6. The molecule has 5 nitrogen and oxygen atoms in total. The first kappa shape index (κ1) is 11.9. The maximum atomic E-state index is 10.6. The number of carbonyl (C=O) groups is 1. The molecule has 1 aromatic rings. The van der Waals surface area contributed by atoms with E-state index >= 15 is 0 Å². The van der Waals surface area contributed by atoms with Crippen LogP contribution < -0.4 is 0 Å². The topological polar surface area (TPSA) is 66.3 Å². The van der Waals surface area contributed by atoms with Crippen molar-refractivity contribution in [1.82, 2.24) is 14.9 Å². The van der Waals surface area contributed by atoms with Crippen molar-refractivity contribution in [2.75, 3.05) is 26.4 Å². The van der Waals surface area contributed by atoms with Crippen LogP contribution in [0.15, 0.2) is 17.4 Å². The summed E-state index contributed by atoms with van der Waals surface area (Å²) in [5.74, 6) is -0.178. The minimum atomic E-state index is -1.02. The second-order valence-electron chi connectivity index (χ2n) is 3.18. The first-order valence-corrected chi connectivity index (χ1v) is 5.42. The Morgan fingerprint density at radius 3 is 2.93 bits per heavy atom. The van der Waals surface area contributed by atoms with Gasteiger partial charge in [0.25, 0.3) is 0 Å².